The average molecular weight is 530 g/mol. The molecule has 0 aliphatic heterocycles. The summed E-state index contributed by atoms with van der Waals surface area (Å²) in [4.78, 5) is 18.1. The van der Waals surface area contributed by atoms with Crippen LogP contribution in [-0.4, -0.2) is 63.7 Å². The van der Waals surface area contributed by atoms with Gasteiger partial charge in [-0.25, -0.2) is 4.99 Å². The zero-order chi connectivity index (χ0) is 21.0. The second-order valence-corrected chi connectivity index (χ2v) is 8.12. The summed E-state index contributed by atoms with van der Waals surface area (Å²) in [5.74, 6) is 0.722. The fourth-order valence-electron chi connectivity index (χ4n) is 3.78. The van der Waals surface area contributed by atoms with Gasteiger partial charge in [0.05, 0.1) is 0 Å². The molecule has 0 radical (unpaired) electrons. The Morgan fingerprint density at radius 3 is 2.50 bits per heavy atom. The minimum atomic E-state index is 0. The van der Waals surface area contributed by atoms with Crippen molar-refractivity contribution in [3.8, 4) is 0 Å². The third-order valence-corrected chi connectivity index (χ3v) is 5.70. The van der Waals surface area contributed by atoms with Crippen molar-refractivity contribution >= 4 is 35.8 Å². The molecular weight excluding hydrogens is 491 g/mol. The number of aliphatic imine (C=N–C) groups is 1. The largest absolute Gasteiger partial charge is 0.382 e. The Morgan fingerprint density at radius 2 is 1.87 bits per heavy atom. The van der Waals surface area contributed by atoms with Gasteiger partial charge in [-0.2, -0.15) is 0 Å². The van der Waals surface area contributed by atoms with Crippen molar-refractivity contribution in [1.82, 2.24) is 15.5 Å². The molecule has 0 saturated heterocycles. The highest BCUT2D eigenvalue weighted by molar-refractivity contribution is 14.0. The maximum Gasteiger partial charge on any atom is 0.243 e. The maximum absolute atomic E-state index is 12.0. The van der Waals surface area contributed by atoms with Crippen LogP contribution in [-0.2, 0) is 16.0 Å². The number of ether oxygens (including phenoxy) is 1. The zero-order valence-electron chi connectivity index (χ0n) is 18.8. The van der Waals surface area contributed by atoms with Crippen LogP contribution in [0.5, 0.6) is 0 Å². The summed E-state index contributed by atoms with van der Waals surface area (Å²) in [7, 11) is 3.52. The van der Waals surface area contributed by atoms with Crippen LogP contribution in [0.4, 0.5) is 0 Å². The Morgan fingerprint density at radius 1 is 1.17 bits per heavy atom. The van der Waals surface area contributed by atoms with E-state index in [2.05, 4.69) is 39.9 Å². The van der Waals surface area contributed by atoms with Crippen LogP contribution in [0, 0.1) is 5.41 Å². The van der Waals surface area contributed by atoms with Crippen molar-refractivity contribution in [3.05, 3.63) is 35.9 Å². The first-order valence-corrected chi connectivity index (χ1v) is 10.9. The van der Waals surface area contributed by atoms with E-state index in [9.17, 15) is 4.79 Å². The smallest absolute Gasteiger partial charge is 0.243 e. The van der Waals surface area contributed by atoms with Gasteiger partial charge >= 0.3 is 0 Å². The van der Waals surface area contributed by atoms with Crippen LogP contribution in [0.1, 0.15) is 44.6 Å². The van der Waals surface area contributed by atoms with Crippen LogP contribution < -0.4 is 10.6 Å². The summed E-state index contributed by atoms with van der Waals surface area (Å²) in [6.45, 7) is 5.42. The lowest BCUT2D eigenvalue weighted by Gasteiger charge is -2.30. The van der Waals surface area contributed by atoms with E-state index >= 15 is 0 Å². The Kier molecular flexibility index (Phi) is 13.0. The van der Waals surface area contributed by atoms with E-state index < -0.39 is 0 Å². The Balaban J connectivity index is 0.00000450. The standard InChI is InChI=1S/C23H38N4O2.HI/c1-4-29-17-15-23(13-8-9-14-23)19-26-22(25-18-21(28)27(2)3)24-16-12-20-10-6-5-7-11-20;/h5-7,10-11H,4,8-9,12-19H2,1-3H3,(H2,24,25,26);1H. The van der Waals surface area contributed by atoms with Gasteiger partial charge in [0.25, 0.3) is 0 Å². The molecule has 0 spiro atoms. The Labute approximate surface area is 199 Å². The van der Waals surface area contributed by atoms with E-state index in [-0.39, 0.29) is 41.8 Å². The predicted molar refractivity (Wildman–Crippen MR) is 135 cm³/mol. The minimum absolute atomic E-state index is 0. The molecule has 0 heterocycles. The van der Waals surface area contributed by atoms with E-state index in [1.54, 1.807) is 19.0 Å². The molecule has 0 atom stereocenters. The van der Waals surface area contributed by atoms with E-state index in [1.165, 1.54) is 31.2 Å². The number of amides is 1. The number of nitrogens with zero attached hydrogens (tertiary/aromatic N) is 2. The van der Waals surface area contributed by atoms with Crippen molar-refractivity contribution in [3.63, 3.8) is 0 Å². The van der Waals surface area contributed by atoms with Gasteiger partial charge in [-0.05, 0) is 43.6 Å². The molecule has 1 aromatic rings. The minimum Gasteiger partial charge on any atom is -0.382 e. The summed E-state index contributed by atoms with van der Waals surface area (Å²) in [6, 6.07) is 10.4. The lowest BCUT2D eigenvalue weighted by atomic mass is 9.83. The first-order valence-electron chi connectivity index (χ1n) is 10.9. The normalized spacial score (nSPS) is 15.4. The van der Waals surface area contributed by atoms with Crippen LogP contribution >= 0.6 is 24.0 Å². The quantitative estimate of drug-likeness (QED) is 0.199. The van der Waals surface area contributed by atoms with E-state index in [0.717, 1.165) is 45.1 Å². The molecule has 0 bridgehead atoms. The number of halogens is 1. The van der Waals surface area contributed by atoms with Gasteiger partial charge in [-0.15, -0.1) is 24.0 Å². The monoisotopic (exact) mass is 530 g/mol. The number of guanidine groups is 1. The van der Waals surface area contributed by atoms with Crippen LogP contribution in [0.3, 0.4) is 0 Å². The summed E-state index contributed by atoms with van der Waals surface area (Å²) in [5.41, 5.74) is 1.55. The van der Waals surface area contributed by atoms with E-state index in [0.29, 0.717) is 0 Å². The second kappa shape index (κ2) is 14.6. The predicted octanol–water partition coefficient (Wildman–Crippen LogP) is 3.46. The third kappa shape index (κ3) is 9.64. The average Bonchev–Trinajstić information content (AvgIpc) is 3.19. The van der Waals surface area contributed by atoms with Gasteiger partial charge in [0.2, 0.25) is 5.91 Å². The summed E-state index contributed by atoms with van der Waals surface area (Å²) in [5, 5.41) is 6.93. The molecule has 1 saturated carbocycles. The van der Waals surface area contributed by atoms with Gasteiger partial charge in [-0.3, -0.25) is 4.79 Å². The van der Waals surface area contributed by atoms with Crippen molar-refractivity contribution in [2.75, 3.05) is 46.9 Å². The first kappa shape index (κ1) is 26.7. The number of nitrogens with one attached hydrogen (secondary N) is 2. The summed E-state index contributed by atoms with van der Waals surface area (Å²) in [6.07, 6.45) is 6.99. The van der Waals surface area contributed by atoms with Gasteiger partial charge in [0.15, 0.2) is 5.96 Å². The lowest BCUT2D eigenvalue weighted by Crippen LogP contribution is -2.44. The number of likely N-dealkylation sites (N-methyl/N-ethyl adjacent to an activating group) is 1. The molecule has 1 aliphatic carbocycles. The van der Waals surface area contributed by atoms with Crippen LogP contribution in [0.25, 0.3) is 0 Å². The highest BCUT2D eigenvalue weighted by atomic mass is 127. The number of benzene rings is 1. The van der Waals surface area contributed by atoms with Gasteiger partial charge in [0.1, 0.15) is 6.54 Å². The fourth-order valence-corrected chi connectivity index (χ4v) is 3.78. The third-order valence-electron chi connectivity index (χ3n) is 5.70. The topological polar surface area (TPSA) is 66.0 Å². The molecule has 6 nitrogen and oxygen atoms in total. The molecule has 1 amide bonds. The van der Waals surface area contributed by atoms with E-state index in [4.69, 9.17) is 4.74 Å². The molecule has 7 heteroatoms. The highest BCUT2D eigenvalue weighted by Gasteiger charge is 2.33. The molecule has 170 valence electrons. The number of rotatable bonds is 11. The first-order chi connectivity index (χ1) is 14.0. The van der Waals surface area contributed by atoms with Crippen molar-refractivity contribution in [2.45, 2.75) is 45.4 Å². The SMILES string of the molecule is CCOCCC1(CNC(=NCC(=O)N(C)C)NCCc2ccccc2)CCCC1.I. The molecule has 2 N–H and O–H groups in total. The molecule has 0 aromatic heterocycles. The Hall–Kier alpha value is -1.35. The maximum atomic E-state index is 12.0. The second-order valence-electron chi connectivity index (χ2n) is 8.12. The van der Waals surface area contributed by atoms with Crippen LogP contribution in [0.2, 0.25) is 0 Å². The highest BCUT2D eigenvalue weighted by Crippen LogP contribution is 2.40. The molecule has 1 fully saturated rings. The zero-order valence-corrected chi connectivity index (χ0v) is 21.1. The molecule has 1 aromatic carbocycles. The number of carbonyl (C=O) groups is 1. The van der Waals surface area contributed by atoms with Crippen molar-refractivity contribution < 1.29 is 9.53 Å². The molecular formula is C23H39IN4O2. The Bertz CT molecular complexity index is 631. The number of hydrogen-bond acceptors (Lipinski definition) is 3. The van der Waals surface area contributed by atoms with Crippen LogP contribution in [0.15, 0.2) is 35.3 Å². The van der Waals surface area contributed by atoms with E-state index in [1.807, 2.05) is 13.0 Å². The molecule has 0 unspecified atom stereocenters. The number of hydrogen-bond donors (Lipinski definition) is 2. The molecule has 1 aliphatic rings. The van der Waals surface area contributed by atoms with Crippen molar-refractivity contribution in [2.24, 2.45) is 10.4 Å². The van der Waals surface area contributed by atoms with Crippen molar-refractivity contribution in [1.29, 1.82) is 0 Å². The summed E-state index contributed by atoms with van der Waals surface area (Å²) >= 11 is 0. The molecule has 30 heavy (non-hydrogen) atoms. The molecule has 2 rings (SSSR count). The summed E-state index contributed by atoms with van der Waals surface area (Å²) < 4.78 is 5.62. The van der Waals surface area contributed by atoms with Gasteiger partial charge in [-0.1, -0.05) is 43.2 Å². The lowest BCUT2D eigenvalue weighted by molar-refractivity contribution is -0.127. The van der Waals surface area contributed by atoms with Gasteiger partial charge in [0, 0.05) is 40.4 Å². The van der Waals surface area contributed by atoms with Gasteiger partial charge < -0.3 is 20.3 Å². The fraction of sp³-hybridized carbons (Fsp3) is 0.652. The number of carbonyl (C=O) groups excluding carboxylic acids is 1.